The smallest absolute Gasteiger partial charge is 0.464 e. The first-order valence-corrected chi connectivity index (χ1v) is 11.7. The highest BCUT2D eigenvalue weighted by Gasteiger charge is 2.46. The van der Waals surface area contributed by atoms with Gasteiger partial charge in [-0.2, -0.15) is 0 Å². The van der Waals surface area contributed by atoms with Crippen LogP contribution in [0.15, 0.2) is 21.9 Å². The van der Waals surface area contributed by atoms with E-state index in [0.29, 0.717) is 0 Å². The lowest BCUT2D eigenvalue weighted by molar-refractivity contribution is -0.147. The Kier molecular flexibility index (Phi) is 10.5. The number of aliphatic hydroxyl groups excluding tert-OH is 1. The van der Waals surface area contributed by atoms with Gasteiger partial charge in [0.15, 0.2) is 19.4 Å². The second-order valence-corrected chi connectivity index (χ2v) is 8.46. The van der Waals surface area contributed by atoms with Gasteiger partial charge in [0.05, 0.1) is 32.6 Å². The topological polar surface area (TPSA) is 182 Å². The van der Waals surface area contributed by atoms with Crippen LogP contribution in [0.1, 0.15) is 20.1 Å². The summed E-state index contributed by atoms with van der Waals surface area (Å²) in [5, 5.41) is 10.4. The molecule has 2 rings (SSSR count). The number of nitrogens with one attached hydrogen (secondary N) is 1. The third kappa shape index (κ3) is 7.55. The molecule has 34 heavy (non-hydrogen) atoms. The van der Waals surface area contributed by atoms with E-state index in [-0.39, 0.29) is 13.2 Å². The lowest BCUT2D eigenvalue weighted by Gasteiger charge is -2.21. The first kappa shape index (κ1) is 27.8. The van der Waals surface area contributed by atoms with Crippen LogP contribution >= 0.6 is 7.82 Å². The average molecular weight is 512 g/mol. The number of alkyl halides is 1. The number of hydrogen-bond acceptors (Lipinski definition) is 12. The van der Waals surface area contributed by atoms with E-state index in [9.17, 15) is 33.2 Å². The number of esters is 2. The molecule has 0 radical (unpaired) electrons. The molecule has 0 bridgehead atoms. The van der Waals surface area contributed by atoms with Crippen LogP contribution in [0.3, 0.4) is 0 Å². The molecule has 0 unspecified atom stereocenters. The summed E-state index contributed by atoms with van der Waals surface area (Å²) in [6, 6.07) is 1.01. The lowest BCUT2D eigenvalue weighted by atomic mass is 10.00. The van der Waals surface area contributed by atoms with Crippen LogP contribution in [0.2, 0.25) is 0 Å². The number of hydrogen-bond donors (Lipinski definition) is 2. The van der Waals surface area contributed by atoms with Crippen molar-refractivity contribution in [1.82, 2.24) is 9.55 Å². The molecule has 14 nitrogen and oxygen atoms in total. The van der Waals surface area contributed by atoms with Crippen molar-refractivity contribution >= 4 is 19.8 Å². The molecule has 1 saturated heterocycles. The minimum absolute atomic E-state index is 0.0223. The minimum atomic E-state index is -4.59. The first-order chi connectivity index (χ1) is 16.1. The normalized spacial score (nSPS) is 22.5. The minimum Gasteiger partial charge on any atom is -0.464 e. The molecule has 0 aromatic carbocycles. The molecule has 0 spiro atoms. The van der Waals surface area contributed by atoms with E-state index in [0.717, 1.165) is 16.8 Å². The number of aromatic amines is 1. The van der Waals surface area contributed by atoms with E-state index in [1.165, 1.54) is 13.8 Å². The van der Waals surface area contributed by atoms with E-state index in [2.05, 4.69) is 9.47 Å². The molecule has 1 aromatic rings. The predicted octanol–water partition coefficient (Wildman–Crippen LogP) is -0.335. The largest absolute Gasteiger partial charge is 0.476 e. The van der Waals surface area contributed by atoms with Crippen LogP contribution in [0, 0.1) is 5.92 Å². The Morgan fingerprint density at radius 2 is 1.74 bits per heavy atom. The van der Waals surface area contributed by atoms with Crippen molar-refractivity contribution < 1.29 is 51.4 Å². The standard InChI is InChI=1S/C18H26FN2O12P/c1-3-28-14(23)9-31-34(27,32-10-15(24)29-4-2)30-8-12-11(7-19)16(25)17(33-12)21-6-5-13(22)20-18(21)26/h5-6,11-12,16-17,25H,3-4,7-10H2,1-2H3,(H,20,22,26)/t11-,12-,16-,17-/m1/s1. The van der Waals surface area contributed by atoms with Crippen molar-refractivity contribution in [2.45, 2.75) is 32.3 Å². The molecular formula is C18H26FN2O12P. The van der Waals surface area contributed by atoms with Gasteiger partial charge in [-0.05, 0) is 13.8 Å². The van der Waals surface area contributed by atoms with E-state index < -0.39 is 81.9 Å². The molecular weight excluding hydrogens is 486 g/mol. The van der Waals surface area contributed by atoms with Crippen LogP contribution in [0.5, 0.6) is 0 Å². The Morgan fingerprint density at radius 3 is 2.24 bits per heavy atom. The molecule has 2 heterocycles. The number of carbonyl (C=O) groups is 2. The third-order valence-corrected chi connectivity index (χ3v) is 5.87. The SMILES string of the molecule is CCOC(=O)COP(=O)(OCC(=O)OCC)OC[C@H]1O[C@@H](n2ccc(=O)[nH]c2=O)[C@H](O)[C@@H]1CF. The van der Waals surface area contributed by atoms with E-state index in [1.54, 1.807) is 0 Å². The molecule has 0 aliphatic carbocycles. The summed E-state index contributed by atoms with van der Waals surface area (Å²) in [6.07, 6.45) is -3.13. The van der Waals surface area contributed by atoms with Crippen LogP contribution in [-0.4, -0.2) is 78.5 Å². The quantitative estimate of drug-likeness (QED) is 0.260. The fraction of sp³-hybridized carbons (Fsp3) is 0.667. The molecule has 0 amide bonds. The van der Waals surface area contributed by atoms with Gasteiger partial charge in [-0.3, -0.25) is 32.3 Å². The monoisotopic (exact) mass is 512 g/mol. The molecule has 1 aliphatic rings. The van der Waals surface area contributed by atoms with E-state index in [4.69, 9.17) is 18.3 Å². The molecule has 2 N–H and O–H groups in total. The predicted molar refractivity (Wildman–Crippen MR) is 109 cm³/mol. The maximum atomic E-state index is 13.7. The molecule has 192 valence electrons. The molecule has 4 atom stereocenters. The summed E-state index contributed by atoms with van der Waals surface area (Å²) >= 11 is 0. The number of halogens is 1. The Labute approximate surface area is 192 Å². The lowest BCUT2D eigenvalue weighted by Crippen LogP contribution is -2.36. The van der Waals surface area contributed by atoms with Crippen molar-refractivity contribution in [1.29, 1.82) is 0 Å². The number of rotatable bonds is 13. The van der Waals surface area contributed by atoms with Crippen molar-refractivity contribution in [3.05, 3.63) is 33.1 Å². The number of H-pyrrole nitrogens is 1. The second-order valence-electron chi connectivity index (χ2n) is 6.79. The number of ether oxygens (including phenoxy) is 3. The van der Waals surface area contributed by atoms with Gasteiger partial charge < -0.3 is 19.3 Å². The Hall–Kier alpha value is -2.42. The van der Waals surface area contributed by atoms with Crippen LogP contribution in [-0.2, 0) is 41.9 Å². The van der Waals surface area contributed by atoms with Crippen molar-refractivity contribution in [3.8, 4) is 0 Å². The molecule has 1 aliphatic heterocycles. The highest BCUT2D eigenvalue weighted by Crippen LogP contribution is 2.50. The van der Waals surface area contributed by atoms with Crippen molar-refractivity contribution in [3.63, 3.8) is 0 Å². The summed E-state index contributed by atoms with van der Waals surface area (Å²) in [5.74, 6) is -3.01. The molecule has 0 saturated carbocycles. The number of phosphoric acid groups is 1. The van der Waals surface area contributed by atoms with Gasteiger partial charge in [0.1, 0.15) is 6.10 Å². The van der Waals surface area contributed by atoms with Gasteiger partial charge in [0, 0.05) is 18.2 Å². The fourth-order valence-corrected chi connectivity index (χ4v) is 4.03. The Morgan fingerprint density at radius 1 is 1.15 bits per heavy atom. The number of aromatic nitrogens is 2. The van der Waals surface area contributed by atoms with E-state index in [1.807, 2.05) is 4.98 Å². The van der Waals surface area contributed by atoms with Gasteiger partial charge in [0.25, 0.3) is 5.56 Å². The zero-order valence-electron chi connectivity index (χ0n) is 18.4. The van der Waals surface area contributed by atoms with Crippen LogP contribution in [0.25, 0.3) is 0 Å². The summed E-state index contributed by atoms with van der Waals surface area (Å²) in [5.41, 5.74) is -1.59. The average Bonchev–Trinajstić information content (AvgIpc) is 3.10. The van der Waals surface area contributed by atoms with Gasteiger partial charge in [-0.1, -0.05) is 0 Å². The van der Waals surface area contributed by atoms with Crippen molar-refractivity contribution in [2.75, 3.05) is 39.7 Å². The summed E-state index contributed by atoms with van der Waals surface area (Å²) < 4.78 is 57.2. The number of aliphatic hydroxyl groups is 1. The molecule has 1 aromatic heterocycles. The fourth-order valence-electron chi connectivity index (χ4n) is 2.95. The first-order valence-electron chi connectivity index (χ1n) is 10.2. The van der Waals surface area contributed by atoms with Gasteiger partial charge >= 0.3 is 25.5 Å². The number of phosphoric ester groups is 1. The zero-order chi connectivity index (χ0) is 25.3. The van der Waals surface area contributed by atoms with E-state index >= 15 is 0 Å². The third-order valence-electron chi connectivity index (χ3n) is 4.51. The van der Waals surface area contributed by atoms with Crippen molar-refractivity contribution in [2.24, 2.45) is 5.92 Å². The highest BCUT2D eigenvalue weighted by molar-refractivity contribution is 7.48. The summed E-state index contributed by atoms with van der Waals surface area (Å²) in [6.45, 7) is -0.355. The maximum absolute atomic E-state index is 13.7. The van der Waals surface area contributed by atoms with Gasteiger partial charge in [0.2, 0.25) is 0 Å². The van der Waals surface area contributed by atoms with Crippen LogP contribution < -0.4 is 11.2 Å². The summed E-state index contributed by atoms with van der Waals surface area (Å²) in [4.78, 5) is 48.4. The van der Waals surface area contributed by atoms with Crippen LogP contribution in [0.4, 0.5) is 4.39 Å². The summed E-state index contributed by atoms with van der Waals surface area (Å²) in [7, 11) is -4.59. The number of carbonyl (C=O) groups excluding carboxylic acids is 2. The van der Waals surface area contributed by atoms with Gasteiger partial charge in [-0.15, -0.1) is 0 Å². The van der Waals surface area contributed by atoms with Gasteiger partial charge in [-0.25, -0.2) is 18.9 Å². The molecule has 1 fully saturated rings. The number of nitrogens with zero attached hydrogens (tertiary/aromatic N) is 1. The highest BCUT2D eigenvalue weighted by atomic mass is 31.2. The Balaban J connectivity index is 2.13. The Bertz CT molecular complexity index is 972. The maximum Gasteiger partial charge on any atom is 0.476 e. The molecule has 16 heteroatoms. The zero-order valence-corrected chi connectivity index (χ0v) is 19.3. The second kappa shape index (κ2) is 12.9.